The third-order valence-corrected chi connectivity index (χ3v) is 6.12. The van der Waals surface area contributed by atoms with Gasteiger partial charge in [0, 0.05) is 0 Å². The second-order valence-corrected chi connectivity index (χ2v) is 9.03. The predicted molar refractivity (Wildman–Crippen MR) is 125 cm³/mol. The molecule has 0 aliphatic carbocycles. The minimum atomic E-state index is -1.43. The molecule has 0 rings (SSSR count). The SMILES string of the molecule is CCCCCCCCCCCCCCCC(O)C(C(=O)C(O)CCCCC)C(N)O. The van der Waals surface area contributed by atoms with Gasteiger partial charge in [0.15, 0.2) is 5.78 Å². The van der Waals surface area contributed by atoms with Crippen LogP contribution >= 0.6 is 0 Å². The van der Waals surface area contributed by atoms with Crippen LogP contribution in [0.1, 0.15) is 129 Å². The molecule has 0 fully saturated rings. The van der Waals surface area contributed by atoms with Crippen LogP contribution in [0.2, 0.25) is 0 Å². The molecule has 0 saturated heterocycles. The smallest absolute Gasteiger partial charge is 0.170 e. The quantitative estimate of drug-likeness (QED) is 0.139. The van der Waals surface area contributed by atoms with Crippen LogP contribution in [0.25, 0.3) is 0 Å². The first kappa shape index (κ1) is 29.5. The summed E-state index contributed by atoms with van der Waals surface area (Å²) in [6.45, 7) is 4.31. The number of rotatable bonds is 22. The summed E-state index contributed by atoms with van der Waals surface area (Å²) in [5.41, 5.74) is 5.54. The third kappa shape index (κ3) is 15.3. The Bertz CT molecular complexity index is 389. The van der Waals surface area contributed by atoms with Crippen molar-refractivity contribution in [2.24, 2.45) is 11.7 Å². The monoisotopic (exact) mass is 429 g/mol. The summed E-state index contributed by atoms with van der Waals surface area (Å²) >= 11 is 0. The van der Waals surface area contributed by atoms with Crippen LogP contribution in [-0.4, -0.2) is 39.5 Å². The second kappa shape index (κ2) is 20.4. The molecule has 0 aromatic rings. The van der Waals surface area contributed by atoms with Gasteiger partial charge in [-0.1, -0.05) is 117 Å². The van der Waals surface area contributed by atoms with Crippen LogP contribution < -0.4 is 5.73 Å². The van der Waals surface area contributed by atoms with Gasteiger partial charge in [0.1, 0.15) is 12.3 Å². The number of unbranched alkanes of at least 4 members (excludes halogenated alkanes) is 14. The topological polar surface area (TPSA) is 104 Å². The van der Waals surface area contributed by atoms with E-state index < -0.39 is 30.1 Å². The summed E-state index contributed by atoms with van der Waals surface area (Å²) in [7, 11) is 0. The molecule has 0 aromatic heterocycles. The number of Topliss-reactive ketones (excluding diaryl/α,β-unsaturated/α-hetero) is 1. The molecule has 0 aliphatic rings. The minimum Gasteiger partial charge on any atom is -0.392 e. The van der Waals surface area contributed by atoms with Crippen LogP contribution in [0.5, 0.6) is 0 Å². The zero-order valence-electron chi connectivity index (χ0n) is 19.9. The van der Waals surface area contributed by atoms with Gasteiger partial charge in [0.25, 0.3) is 0 Å². The van der Waals surface area contributed by atoms with Crippen LogP contribution in [0.3, 0.4) is 0 Å². The minimum absolute atomic E-state index is 0.362. The number of hydrogen-bond acceptors (Lipinski definition) is 5. The summed E-state index contributed by atoms with van der Waals surface area (Å²) in [5, 5.41) is 30.2. The van der Waals surface area contributed by atoms with Gasteiger partial charge >= 0.3 is 0 Å². The fourth-order valence-electron chi connectivity index (χ4n) is 4.09. The fourth-order valence-corrected chi connectivity index (χ4v) is 4.09. The van der Waals surface area contributed by atoms with E-state index in [0.29, 0.717) is 12.8 Å². The van der Waals surface area contributed by atoms with Gasteiger partial charge < -0.3 is 21.1 Å². The maximum atomic E-state index is 12.4. The Morgan fingerprint density at radius 3 is 1.43 bits per heavy atom. The van der Waals surface area contributed by atoms with E-state index in [9.17, 15) is 20.1 Å². The lowest BCUT2D eigenvalue weighted by Crippen LogP contribution is -2.47. The third-order valence-electron chi connectivity index (χ3n) is 6.12. The van der Waals surface area contributed by atoms with E-state index in [1.165, 1.54) is 64.2 Å². The van der Waals surface area contributed by atoms with Gasteiger partial charge in [-0.3, -0.25) is 4.79 Å². The number of carbonyl (C=O) groups excluding carboxylic acids is 1. The highest BCUT2D eigenvalue weighted by atomic mass is 16.3. The molecule has 5 nitrogen and oxygen atoms in total. The Labute approximate surface area is 185 Å². The van der Waals surface area contributed by atoms with Crippen molar-refractivity contribution in [3.05, 3.63) is 0 Å². The number of carbonyl (C=O) groups is 1. The van der Waals surface area contributed by atoms with E-state index in [2.05, 4.69) is 13.8 Å². The number of nitrogens with two attached hydrogens (primary N) is 1. The van der Waals surface area contributed by atoms with Gasteiger partial charge in [-0.25, -0.2) is 0 Å². The predicted octanol–water partition coefficient (Wildman–Crippen LogP) is 5.23. The van der Waals surface area contributed by atoms with E-state index >= 15 is 0 Å². The maximum Gasteiger partial charge on any atom is 0.170 e. The molecule has 0 spiro atoms. The van der Waals surface area contributed by atoms with E-state index in [-0.39, 0.29) is 0 Å². The molecule has 0 bridgehead atoms. The molecular formula is C25H51NO4. The number of hydrogen-bond donors (Lipinski definition) is 4. The lowest BCUT2D eigenvalue weighted by atomic mass is 9.87. The molecule has 5 heteroatoms. The summed E-state index contributed by atoms with van der Waals surface area (Å²) in [6.07, 6.45) is 16.2. The van der Waals surface area contributed by atoms with Gasteiger partial charge in [0.2, 0.25) is 0 Å². The van der Waals surface area contributed by atoms with Crippen molar-refractivity contribution in [3.8, 4) is 0 Å². The van der Waals surface area contributed by atoms with E-state index in [0.717, 1.165) is 38.5 Å². The molecule has 0 amide bonds. The van der Waals surface area contributed by atoms with Crippen molar-refractivity contribution < 1.29 is 20.1 Å². The van der Waals surface area contributed by atoms with E-state index in [4.69, 9.17) is 5.73 Å². The van der Waals surface area contributed by atoms with Crippen molar-refractivity contribution >= 4 is 5.78 Å². The fraction of sp³-hybridized carbons (Fsp3) is 0.960. The first-order valence-corrected chi connectivity index (χ1v) is 12.8. The molecule has 30 heavy (non-hydrogen) atoms. The van der Waals surface area contributed by atoms with E-state index in [1.54, 1.807) is 0 Å². The Kier molecular flexibility index (Phi) is 20.1. The van der Waals surface area contributed by atoms with Crippen LogP contribution in [0.4, 0.5) is 0 Å². The lowest BCUT2D eigenvalue weighted by molar-refractivity contribution is -0.140. The van der Waals surface area contributed by atoms with E-state index in [1.807, 2.05) is 0 Å². The highest BCUT2D eigenvalue weighted by Crippen LogP contribution is 2.20. The normalized spacial score (nSPS) is 15.7. The standard InChI is InChI=1S/C25H51NO4/c1-3-5-7-8-9-10-11-12-13-14-15-16-18-19-21(27)23(25(26)30)24(29)22(28)20-17-6-4-2/h21-23,25,27-28,30H,3-20,26H2,1-2H3. The van der Waals surface area contributed by atoms with Crippen molar-refractivity contribution in [1.29, 1.82) is 0 Å². The Hall–Kier alpha value is -0.490. The van der Waals surface area contributed by atoms with Crippen LogP contribution in [0.15, 0.2) is 0 Å². The van der Waals surface area contributed by atoms with Crippen molar-refractivity contribution in [1.82, 2.24) is 0 Å². The zero-order valence-corrected chi connectivity index (χ0v) is 19.9. The maximum absolute atomic E-state index is 12.4. The molecule has 4 atom stereocenters. The Morgan fingerprint density at radius 2 is 1.00 bits per heavy atom. The summed E-state index contributed by atoms with van der Waals surface area (Å²) < 4.78 is 0. The first-order valence-electron chi connectivity index (χ1n) is 12.8. The van der Waals surface area contributed by atoms with Gasteiger partial charge in [0.05, 0.1) is 12.0 Å². The summed E-state index contributed by atoms with van der Waals surface area (Å²) in [5.74, 6) is -1.62. The average Bonchev–Trinajstić information content (AvgIpc) is 2.71. The lowest BCUT2D eigenvalue weighted by Gasteiger charge is -2.26. The highest BCUT2D eigenvalue weighted by Gasteiger charge is 2.34. The molecule has 0 aliphatic heterocycles. The largest absolute Gasteiger partial charge is 0.392 e. The van der Waals surface area contributed by atoms with Gasteiger partial charge in [-0.05, 0) is 12.8 Å². The van der Waals surface area contributed by atoms with Crippen LogP contribution in [-0.2, 0) is 4.79 Å². The molecule has 5 N–H and O–H groups in total. The van der Waals surface area contributed by atoms with Crippen molar-refractivity contribution in [2.45, 2.75) is 148 Å². The Balaban J connectivity index is 3.85. The molecular weight excluding hydrogens is 378 g/mol. The molecule has 4 unspecified atom stereocenters. The number of aliphatic hydroxyl groups excluding tert-OH is 3. The van der Waals surface area contributed by atoms with Crippen LogP contribution in [0, 0.1) is 5.92 Å². The number of aliphatic hydroxyl groups is 3. The number of ketones is 1. The highest BCUT2D eigenvalue weighted by molar-refractivity contribution is 5.86. The molecule has 0 saturated carbocycles. The Morgan fingerprint density at radius 1 is 0.633 bits per heavy atom. The first-order chi connectivity index (χ1) is 14.5. The zero-order chi connectivity index (χ0) is 22.6. The molecule has 0 radical (unpaired) electrons. The average molecular weight is 430 g/mol. The van der Waals surface area contributed by atoms with Crippen molar-refractivity contribution in [3.63, 3.8) is 0 Å². The van der Waals surface area contributed by atoms with Crippen molar-refractivity contribution in [2.75, 3.05) is 0 Å². The summed E-state index contributed by atoms with van der Waals surface area (Å²) in [4.78, 5) is 12.4. The molecule has 0 heterocycles. The summed E-state index contributed by atoms with van der Waals surface area (Å²) in [6, 6.07) is 0. The second-order valence-electron chi connectivity index (χ2n) is 9.03. The van der Waals surface area contributed by atoms with Gasteiger partial charge in [-0.15, -0.1) is 0 Å². The molecule has 180 valence electrons. The molecule has 0 aromatic carbocycles. The van der Waals surface area contributed by atoms with Gasteiger partial charge in [-0.2, -0.15) is 0 Å².